The molecule has 0 spiro atoms. The number of rotatable bonds is 5. The van der Waals surface area contributed by atoms with Gasteiger partial charge in [-0.3, -0.25) is 14.3 Å². The van der Waals surface area contributed by atoms with Gasteiger partial charge in [-0.25, -0.2) is 9.07 Å². The Labute approximate surface area is 167 Å². The van der Waals surface area contributed by atoms with E-state index in [0.29, 0.717) is 30.1 Å². The van der Waals surface area contributed by atoms with Crippen molar-refractivity contribution in [2.45, 2.75) is 19.1 Å². The van der Waals surface area contributed by atoms with E-state index >= 15 is 0 Å². The number of nitrogens with zero attached hydrogens (tertiary/aromatic N) is 5. The summed E-state index contributed by atoms with van der Waals surface area (Å²) >= 11 is 5.54. The van der Waals surface area contributed by atoms with Gasteiger partial charge in [-0.05, 0) is 50.0 Å². The number of amides is 1. The van der Waals surface area contributed by atoms with Crippen LogP contribution in [0.2, 0.25) is 0 Å². The van der Waals surface area contributed by atoms with E-state index in [0.717, 1.165) is 5.69 Å². The van der Waals surface area contributed by atoms with Gasteiger partial charge in [-0.15, -0.1) is 0 Å². The van der Waals surface area contributed by atoms with Crippen LogP contribution in [-0.2, 0) is 11.5 Å². The van der Waals surface area contributed by atoms with Gasteiger partial charge < -0.3 is 4.90 Å². The number of para-hydroxylation sites is 2. The third-order valence-electron chi connectivity index (χ3n) is 4.98. The molecule has 2 aromatic carbocycles. The van der Waals surface area contributed by atoms with E-state index < -0.39 is 0 Å². The van der Waals surface area contributed by atoms with Crippen molar-refractivity contribution >= 4 is 23.8 Å². The molecule has 28 heavy (non-hydrogen) atoms. The molecule has 1 amide bonds. The Bertz CT molecular complexity index is 1050. The molecule has 0 radical (unpaired) electrons. The van der Waals surface area contributed by atoms with Crippen LogP contribution in [0.3, 0.4) is 0 Å². The second-order valence-corrected chi connectivity index (χ2v) is 7.13. The number of hydrogen-bond acceptors (Lipinski definition) is 4. The lowest BCUT2D eigenvalue weighted by atomic mass is 10.2. The van der Waals surface area contributed by atoms with Crippen LogP contribution in [0.1, 0.15) is 6.42 Å². The number of benzene rings is 2. The van der Waals surface area contributed by atoms with Gasteiger partial charge in [0, 0.05) is 12.2 Å². The molecular weight excluding hydrogens is 377 g/mol. The highest BCUT2D eigenvalue weighted by Gasteiger charge is 2.36. The molecule has 0 saturated carbocycles. The summed E-state index contributed by atoms with van der Waals surface area (Å²) in [5.74, 6) is -0.496. The molecule has 0 bridgehead atoms. The predicted octanol–water partition coefficient (Wildman–Crippen LogP) is 3.24. The van der Waals surface area contributed by atoms with Crippen LogP contribution >= 0.6 is 12.2 Å². The minimum Gasteiger partial charge on any atom is -0.308 e. The van der Waals surface area contributed by atoms with E-state index in [-0.39, 0.29) is 17.8 Å². The third kappa shape index (κ3) is 3.36. The Balaban J connectivity index is 1.50. The number of hydrogen-bond donors (Lipinski definition) is 0. The van der Waals surface area contributed by atoms with Gasteiger partial charge in [0.1, 0.15) is 12.1 Å². The van der Waals surface area contributed by atoms with Gasteiger partial charge in [0.25, 0.3) is 0 Å². The van der Waals surface area contributed by atoms with E-state index in [4.69, 9.17) is 12.2 Å². The molecule has 1 saturated heterocycles. The number of carbonyl (C=O) groups is 1. The van der Waals surface area contributed by atoms with E-state index in [2.05, 4.69) is 5.10 Å². The Morgan fingerprint density at radius 3 is 2.64 bits per heavy atom. The van der Waals surface area contributed by atoms with Crippen molar-refractivity contribution in [3.05, 3.63) is 71.5 Å². The fraction of sp³-hybridized carbons (Fsp3) is 0.250. The average molecular weight is 397 g/mol. The number of carbonyl (C=O) groups excluding carboxylic acids is 1. The van der Waals surface area contributed by atoms with Crippen LogP contribution < -0.4 is 4.90 Å². The first-order valence-corrected chi connectivity index (χ1v) is 9.43. The third-order valence-corrected chi connectivity index (χ3v) is 5.38. The zero-order valence-corrected chi connectivity index (χ0v) is 16.2. The first-order chi connectivity index (χ1) is 13.6. The van der Waals surface area contributed by atoms with Crippen molar-refractivity contribution in [2.75, 3.05) is 18.5 Å². The van der Waals surface area contributed by atoms with Crippen molar-refractivity contribution in [1.82, 2.24) is 19.2 Å². The van der Waals surface area contributed by atoms with Crippen LogP contribution in [0.25, 0.3) is 5.69 Å². The van der Waals surface area contributed by atoms with E-state index in [1.165, 1.54) is 11.0 Å². The highest BCUT2D eigenvalue weighted by Crippen LogP contribution is 2.26. The summed E-state index contributed by atoms with van der Waals surface area (Å²) in [7, 11) is 1.86. The van der Waals surface area contributed by atoms with Crippen molar-refractivity contribution in [2.24, 2.45) is 0 Å². The molecule has 1 aliphatic rings. The SMILES string of the molecule is CN(Cn1ncn(-c2ccccc2)c1=S)C1CCN(c2ccccc2F)C1=O. The Hall–Kier alpha value is -2.84. The summed E-state index contributed by atoms with van der Waals surface area (Å²) in [5.41, 5.74) is 1.26. The molecule has 0 aliphatic carbocycles. The van der Waals surface area contributed by atoms with Crippen molar-refractivity contribution < 1.29 is 9.18 Å². The van der Waals surface area contributed by atoms with Gasteiger partial charge in [0.15, 0.2) is 0 Å². The number of aromatic nitrogens is 3. The number of anilines is 1. The smallest absolute Gasteiger partial charge is 0.244 e. The van der Waals surface area contributed by atoms with Crippen LogP contribution in [0.4, 0.5) is 10.1 Å². The fourth-order valence-corrected chi connectivity index (χ4v) is 3.75. The molecule has 2 heterocycles. The maximum absolute atomic E-state index is 14.1. The van der Waals surface area contributed by atoms with Gasteiger partial charge in [0.05, 0.1) is 18.4 Å². The Morgan fingerprint density at radius 2 is 1.89 bits per heavy atom. The summed E-state index contributed by atoms with van der Waals surface area (Å²) in [5, 5.41) is 4.37. The lowest BCUT2D eigenvalue weighted by Crippen LogP contribution is -2.40. The monoisotopic (exact) mass is 397 g/mol. The molecule has 8 heteroatoms. The van der Waals surface area contributed by atoms with Crippen molar-refractivity contribution in [3.8, 4) is 5.69 Å². The highest BCUT2D eigenvalue weighted by molar-refractivity contribution is 7.71. The molecule has 1 unspecified atom stereocenters. The minimum atomic E-state index is -0.386. The standard InChI is InChI=1S/C20H20FN5OS/c1-23(14-26-20(28)25(13-22-26)15-7-3-2-4-8-15)18-11-12-24(19(18)27)17-10-6-5-9-16(17)21/h2-10,13,18H,11-12,14H2,1H3. The molecule has 0 N–H and O–H groups in total. The summed E-state index contributed by atoms with van der Waals surface area (Å²) < 4.78 is 18.1. The summed E-state index contributed by atoms with van der Waals surface area (Å²) in [6, 6.07) is 15.7. The van der Waals surface area contributed by atoms with Gasteiger partial charge >= 0.3 is 0 Å². The Kier molecular flexibility index (Phi) is 5.06. The van der Waals surface area contributed by atoms with Crippen LogP contribution in [-0.4, -0.2) is 44.8 Å². The van der Waals surface area contributed by atoms with Gasteiger partial charge in [0.2, 0.25) is 10.7 Å². The average Bonchev–Trinajstić information content (AvgIpc) is 3.26. The molecule has 6 nitrogen and oxygen atoms in total. The lowest BCUT2D eigenvalue weighted by molar-refractivity contribution is -0.121. The molecule has 1 aliphatic heterocycles. The molecule has 1 fully saturated rings. The maximum Gasteiger partial charge on any atom is 0.244 e. The summed E-state index contributed by atoms with van der Waals surface area (Å²) in [4.78, 5) is 16.3. The zero-order chi connectivity index (χ0) is 19.7. The first kappa shape index (κ1) is 18.5. The minimum absolute atomic E-state index is 0.110. The van der Waals surface area contributed by atoms with Crippen molar-refractivity contribution in [1.29, 1.82) is 0 Å². The van der Waals surface area contributed by atoms with Gasteiger partial charge in [-0.1, -0.05) is 30.3 Å². The fourth-order valence-electron chi connectivity index (χ4n) is 3.49. The molecule has 1 atom stereocenters. The summed E-state index contributed by atoms with van der Waals surface area (Å²) in [6.45, 7) is 0.860. The highest BCUT2D eigenvalue weighted by atomic mass is 32.1. The van der Waals surface area contributed by atoms with Crippen LogP contribution in [0.15, 0.2) is 60.9 Å². The normalized spacial score (nSPS) is 16.9. The molecule has 3 aromatic rings. The van der Waals surface area contributed by atoms with E-state index in [1.807, 2.05) is 46.8 Å². The lowest BCUT2D eigenvalue weighted by Gasteiger charge is -2.23. The molecule has 1 aromatic heterocycles. The second-order valence-electron chi connectivity index (χ2n) is 6.76. The number of halogens is 1. The van der Waals surface area contributed by atoms with Crippen molar-refractivity contribution in [3.63, 3.8) is 0 Å². The molecule has 144 valence electrons. The second kappa shape index (κ2) is 7.65. The summed E-state index contributed by atoms with van der Waals surface area (Å²) in [6.07, 6.45) is 2.30. The van der Waals surface area contributed by atoms with Gasteiger partial charge in [-0.2, -0.15) is 5.10 Å². The quantitative estimate of drug-likeness (QED) is 0.620. The molecule has 4 rings (SSSR count). The largest absolute Gasteiger partial charge is 0.308 e. The topological polar surface area (TPSA) is 46.3 Å². The number of likely N-dealkylation sites (N-methyl/N-ethyl adjacent to an activating group) is 1. The van der Waals surface area contributed by atoms with E-state index in [9.17, 15) is 9.18 Å². The molecular formula is C20H20FN5OS. The zero-order valence-electron chi connectivity index (χ0n) is 15.4. The van der Waals surface area contributed by atoms with Crippen LogP contribution in [0.5, 0.6) is 0 Å². The van der Waals surface area contributed by atoms with Crippen LogP contribution in [0, 0.1) is 10.6 Å². The maximum atomic E-state index is 14.1. The predicted molar refractivity (Wildman–Crippen MR) is 107 cm³/mol. The Morgan fingerprint density at radius 1 is 1.18 bits per heavy atom. The first-order valence-electron chi connectivity index (χ1n) is 9.02. The van der Waals surface area contributed by atoms with E-state index in [1.54, 1.807) is 29.2 Å².